The minimum absolute atomic E-state index is 0.290. The fraction of sp³-hybridized carbons (Fsp3) is 0.409. The lowest BCUT2D eigenvalue weighted by Crippen LogP contribution is -2.45. The van der Waals surface area contributed by atoms with Crippen LogP contribution in [-0.2, 0) is 17.8 Å². The van der Waals surface area contributed by atoms with Crippen molar-refractivity contribution in [2.75, 3.05) is 47.5 Å². The Morgan fingerprint density at radius 2 is 1.43 bits per heavy atom. The van der Waals surface area contributed by atoms with Crippen LogP contribution in [0.25, 0.3) is 0 Å². The first-order valence-electron chi connectivity index (χ1n) is 9.46. The van der Waals surface area contributed by atoms with Crippen LogP contribution in [0.2, 0.25) is 0 Å². The van der Waals surface area contributed by atoms with Gasteiger partial charge in [-0.1, -0.05) is 18.2 Å². The van der Waals surface area contributed by atoms with Crippen molar-refractivity contribution < 1.29 is 19.0 Å². The van der Waals surface area contributed by atoms with E-state index in [1.54, 1.807) is 20.3 Å². The van der Waals surface area contributed by atoms with E-state index in [-0.39, 0.29) is 5.97 Å². The van der Waals surface area contributed by atoms with Crippen molar-refractivity contribution in [3.8, 4) is 11.5 Å². The number of hydrogen-bond donors (Lipinski definition) is 0. The predicted molar refractivity (Wildman–Crippen MR) is 108 cm³/mol. The number of rotatable bonds is 7. The van der Waals surface area contributed by atoms with Crippen molar-refractivity contribution in [2.45, 2.75) is 13.1 Å². The van der Waals surface area contributed by atoms with Crippen molar-refractivity contribution >= 4 is 5.97 Å². The number of esters is 1. The van der Waals surface area contributed by atoms with Gasteiger partial charge < -0.3 is 14.2 Å². The molecule has 3 rings (SSSR count). The van der Waals surface area contributed by atoms with Gasteiger partial charge in [-0.05, 0) is 35.4 Å². The monoisotopic (exact) mass is 384 g/mol. The van der Waals surface area contributed by atoms with Crippen molar-refractivity contribution in [3.63, 3.8) is 0 Å². The maximum atomic E-state index is 11.7. The molecule has 1 aliphatic heterocycles. The molecule has 6 nitrogen and oxygen atoms in total. The van der Waals surface area contributed by atoms with Crippen LogP contribution in [0.4, 0.5) is 0 Å². The lowest BCUT2D eigenvalue weighted by atomic mass is 10.1. The first-order valence-corrected chi connectivity index (χ1v) is 9.46. The molecule has 28 heavy (non-hydrogen) atoms. The van der Waals surface area contributed by atoms with Gasteiger partial charge in [-0.25, -0.2) is 4.79 Å². The van der Waals surface area contributed by atoms with Gasteiger partial charge in [0, 0.05) is 39.3 Å². The highest BCUT2D eigenvalue weighted by Crippen LogP contribution is 2.28. The fourth-order valence-corrected chi connectivity index (χ4v) is 3.52. The third-order valence-electron chi connectivity index (χ3n) is 5.07. The maximum absolute atomic E-state index is 11.7. The third-order valence-corrected chi connectivity index (χ3v) is 5.07. The molecule has 0 aromatic heterocycles. The molecule has 0 N–H and O–H groups in total. The average Bonchev–Trinajstić information content (AvgIpc) is 2.74. The van der Waals surface area contributed by atoms with E-state index >= 15 is 0 Å². The number of piperazine rings is 1. The van der Waals surface area contributed by atoms with Crippen molar-refractivity contribution in [2.24, 2.45) is 0 Å². The average molecular weight is 384 g/mol. The smallest absolute Gasteiger partial charge is 0.337 e. The van der Waals surface area contributed by atoms with E-state index in [0.717, 1.165) is 56.3 Å². The van der Waals surface area contributed by atoms with E-state index in [1.165, 1.54) is 12.7 Å². The molecule has 0 atom stereocenters. The van der Waals surface area contributed by atoms with Crippen LogP contribution in [0.1, 0.15) is 21.5 Å². The first-order chi connectivity index (χ1) is 13.6. The number of methoxy groups -OCH3 is 3. The van der Waals surface area contributed by atoms with Gasteiger partial charge in [0.1, 0.15) is 0 Å². The van der Waals surface area contributed by atoms with E-state index in [4.69, 9.17) is 14.2 Å². The Kier molecular flexibility index (Phi) is 6.90. The Labute approximate surface area is 166 Å². The van der Waals surface area contributed by atoms with Gasteiger partial charge >= 0.3 is 5.97 Å². The quantitative estimate of drug-likeness (QED) is 0.685. The van der Waals surface area contributed by atoms with Gasteiger partial charge in [-0.15, -0.1) is 0 Å². The Morgan fingerprint density at radius 1 is 0.821 bits per heavy atom. The molecule has 0 bridgehead atoms. The molecule has 150 valence electrons. The van der Waals surface area contributed by atoms with E-state index in [0.29, 0.717) is 5.56 Å². The Hall–Kier alpha value is -2.57. The molecule has 0 amide bonds. The fourth-order valence-electron chi connectivity index (χ4n) is 3.52. The van der Waals surface area contributed by atoms with E-state index in [9.17, 15) is 4.79 Å². The van der Waals surface area contributed by atoms with E-state index in [2.05, 4.69) is 21.9 Å². The van der Waals surface area contributed by atoms with Crippen molar-refractivity contribution in [1.29, 1.82) is 0 Å². The summed E-state index contributed by atoms with van der Waals surface area (Å²) in [5.41, 5.74) is 2.96. The zero-order valence-electron chi connectivity index (χ0n) is 16.8. The molecule has 0 spiro atoms. The molecule has 0 saturated carbocycles. The summed E-state index contributed by atoms with van der Waals surface area (Å²) in [5.74, 6) is 1.23. The summed E-state index contributed by atoms with van der Waals surface area (Å²) in [6, 6.07) is 13.8. The second-order valence-corrected chi connectivity index (χ2v) is 6.93. The molecular weight excluding hydrogens is 356 g/mol. The maximum Gasteiger partial charge on any atom is 0.337 e. The highest BCUT2D eigenvalue weighted by molar-refractivity contribution is 5.89. The minimum atomic E-state index is -0.290. The SMILES string of the molecule is COC(=O)c1cccc(CN2CCN(Cc3ccc(OC)c(OC)c3)CC2)c1. The highest BCUT2D eigenvalue weighted by atomic mass is 16.5. The van der Waals surface area contributed by atoms with Gasteiger partial charge in [0.15, 0.2) is 11.5 Å². The molecule has 2 aromatic carbocycles. The topological polar surface area (TPSA) is 51.2 Å². The minimum Gasteiger partial charge on any atom is -0.493 e. The van der Waals surface area contributed by atoms with Gasteiger partial charge in [0.25, 0.3) is 0 Å². The zero-order valence-corrected chi connectivity index (χ0v) is 16.8. The summed E-state index contributed by atoms with van der Waals surface area (Å²) in [4.78, 5) is 16.6. The summed E-state index contributed by atoms with van der Waals surface area (Å²) in [7, 11) is 4.72. The lowest BCUT2D eigenvalue weighted by Gasteiger charge is -2.34. The Balaban J connectivity index is 1.53. The molecule has 1 heterocycles. The van der Waals surface area contributed by atoms with Gasteiger partial charge in [-0.3, -0.25) is 9.80 Å². The lowest BCUT2D eigenvalue weighted by molar-refractivity contribution is 0.0600. The number of hydrogen-bond acceptors (Lipinski definition) is 6. The number of nitrogens with zero attached hydrogens (tertiary/aromatic N) is 2. The number of benzene rings is 2. The van der Waals surface area contributed by atoms with Crippen LogP contribution in [0, 0.1) is 0 Å². The van der Waals surface area contributed by atoms with Crippen LogP contribution in [0.3, 0.4) is 0 Å². The van der Waals surface area contributed by atoms with Crippen LogP contribution in [-0.4, -0.2) is 63.3 Å². The number of carbonyl (C=O) groups is 1. The summed E-state index contributed by atoms with van der Waals surface area (Å²) in [5, 5.41) is 0. The van der Waals surface area contributed by atoms with Gasteiger partial charge in [-0.2, -0.15) is 0 Å². The Morgan fingerprint density at radius 3 is 2.00 bits per heavy atom. The standard InChI is InChI=1S/C22H28N2O4/c1-26-20-8-7-18(14-21(20)27-2)16-24-11-9-23(10-12-24)15-17-5-4-6-19(13-17)22(25)28-3/h4-8,13-14H,9-12,15-16H2,1-3H3. The molecule has 0 radical (unpaired) electrons. The molecule has 0 aliphatic carbocycles. The molecule has 0 unspecified atom stereocenters. The predicted octanol–water partition coefficient (Wildman–Crippen LogP) is 2.81. The van der Waals surface area contributed by atoms with E-state index in [1.807, 2.05) is 24.3 Å². The van der Waals surface area contributed by atoms with Crippen molar-refractivity contribution in [3.05, 3.63) is 59.2 Å². The molecule has 6 heteroatoms. The van der Waals surface area contributed by atoms with Crippen LogP contribution >= 0.6 is 0 Å². The molecular formula is C22H28N2O4. The number of carbonyl (C=O) groups excluding carboxylic acids is 1. The molecule has 1 fully saturated rings. The summed E-state index contributed by atoms with van der Waals surface area (Å²) >= 11 is 0. The van der Waals surface area contributed by atoms with Gasteiger partial charge in [0.05, 0.1) is 26.9 Å². The van der Waals surface area contributed by atoms with Gasteiger partial charge in [0.2, 0.25) is 0 Å². The largest absolute Gasteiger partial charge is 0.493 e. The molecule has 2 aromatic rings. The van der Waals surface area contributed by atoms with Crippen LogP contribution < -0.4 is 9.47 Å². The second kappa shape index (κ2) is 9.57. The van der Waals surface area contributed by atoms with E-state index < -0.39 is 0 Å². The molecule has 1 aliphatic rings. The normalized spacial score (nSPS) is 15.2. The zero-order chi connectivity index (χ0) is 19.9. The summed E-state index contributed by atoms with van der Waals surface area (Å²) in [6.07, 6.45) is 0. The van der Waals surface area contributed by atoms with Crippen LogP contribution in [0.5, 0.6) is 11.5 Å². The summed E-state index contributed by atoms with van der Waals surface area (Å²) < 4.78 is 15.5. The third kappa shape index (κ3) is 5.03. The second-order valence-electron chi connectivity index (χ2n) is 6.93. The number of ether oxygens (including phenoxy) is 3. The summed E-state index contributed by atoms with van der Waals surface area (Å²) in [6.45, 7) is 5.74. The first kappa shape index (κ1) is 20.2. The van der Waals surface area contributed by atoms with Crippen molar-refractivity contribution in [1.82, 2.24) is 9.80 Å². The molecule has 1 saturated heterocycles. The van der Waals surface area contributed by atoms with Crippen LogP contribution in [0.15, 0.2) is 42.5 Å². The Bertz CT molecular complexity index is 801. The highest BCUT2D eigenvalue weighted by Gasteiger charge is 2.18.